The minimum atomic E-state index is -0.147. The van der Waals surface area contributed by atoms with Gasteiger partial charge >= 0.3 is 0 Å². The first-order valence-corrected chi connectivity index (χ1v) is 9.92. The Balaban J connectivity index is 1.44. The van der Waals surface area contributed by atoms with Gasteiger partial charge in [0.25, 0.3) is 5.91 Å². The average Bonchev–Trinajstić information content (AvgIpc) is 3.33. The molecule has 7 heteroatoms. The molecule has 128 valence electrons. The van der Waals surface area contributed by atoms with Crippen LogP contribution in [0.25, 0.3) is 10.6 Å². The normalized spacial score (nSPS) is 15.2. The van der Waals surface area contributed by atoms with Gasteiger partial charge in [0.1, 0.15) is 9.88 Å². The van der Waals surface area contributed by atoms with Crippen LogP contribution in [0.1, 0.15) is 33.3 Å². The summed E-state index contributed by atoms with van der Waals surface area (Å²) in [6.07, 6.45) is 5.79. The zero-order valence-electron chi connectivity index (χ0n) is 13.6. The van der Waals surface area contributed by atoms with Gasteiger partial charge in [-0.15, -0.1) is 22.7 Å². The molecule has 2 N–H and O–H groups in total. The second-order valence-electron chi connectivity index (χ2n) is 5.94. The molecule has 1 aromatic carbocycles. The van der Waals surface area contributed by atoms with E-state index in [0.717, 1.165) is 36.5 Å². The van der Waals surface area contributed by atoms with Crippen molar-refractivity contribution < 1.29 is 4.79 Å². The van der Waals surface area contributed by atoms with Crippen LogP contribution in [0.2, 0.25) is 0 Å². The molecular formula is C18H18N4OS2. The van der Waals surface area contributed by atoms with E-state index in [1.54, 1.807) is 17.5 Å². The lowest BCUT2D eigenvalue weighted by atomic mass is 9.97. The molecule has 1 fully saturated rings. The Morgan fingerprint density at radius 1 is 1.08 bits per heavy atom. The van der Waals surface area contributed by atoms with Crippen molar-refractivity contribution in [1.82, 2.24) is 15.3 Å². The predicted molar refractivity (Wildman–Crippen MR) is 102 cm³/mol. The first kappa shape index (κ1) is 16.4. The molecule has 25 heavy (non-hydrogen) atoms. The molecule has 0 aliphatic carbocycles. The lowest BCUT2D eigenvalue weighted by Crippen LogP contribution is -2.26. The highest BCUT2D eigenvalue weighted by atomic mass is 32.1. The number of aromatic nitrogens is 2. The molecular weight excluding hydrogens is 352 g/mol. The third-order valence-corrected chi connectivity index (χ3v) is 6.36. The average molecular weight is 371 g/mol. The first-order valence-electron chi connectivity index (χ1n) is 8.28. The molecule has 3 aromatic rings. The third kappa shape index (κ3) is 3.78. The third-order valence-electron chi connectivity index (χ3n) is 4.24. The van der Waals surface area contributed by atoms with Crippen molar-refractivity contribution in [1.29, 1.82) is 0 Å². The van der Waals surface area contributed by atoms with Crippen molar-refractivity contribution in [3.63, 3.8) is 0 Å². The van der Waals surface area contributed by atoms with Crippen molar-refractivity contribution in [3.8, 4) is 10.6 Å². The molecule has 1 aliphatic heterocycles. The quantitative estimate of drug-likeness (QED) is 0.729. The molecule has 1 saturated heterocycles. The van der Waals surface area contributed by atoms with E-state index in [9.17, 15) is 4.79 Å². The van der Waals surface area contributed by atoms with Crippen molar-refractivity contribution in [2.75, 3.05) is 18.4 Å². The zero-order valence-corrected chi connectivity index (χ0v) is 15.2. The van der Waals surface area contributed by atoms with Crippen LogP contribution in [0.5, 0.6) is 0 Å². The van der Waals surface area contributed by atoms with Gasteiger partial charge in [-0.2, -0.15) is 0 Å². The Morgan fingerprint density at radius 2 is 1.88 bits per heavy atom. The molecule has 0 saturated carbocycles. The molecule has 0 unspecified atom stereocenters. The first-order chi connectivity index (χ1) is 12.3. The van der Waals surface area contributed by atoms with Gasteiger partial charge in [-0.05, 0) is 31.8 Å². The van der Waals surface area contributed by atoms with Gasteiger partial charge in [-0.25, -0.2) is 9.97 Å². The second kappa shape index (κ2) is 7.43. The number of benzene rings is 1. The van der Waals surface area contributed by atoms with Crippen molar-refractivity contribution in [2.45, 2.75) is 18.8 Å². The van der Waals surface area contributed by atoms with E-state index in [4.69, 9.17) is 0 Å². The van der Waals surface area contributed by atoms with E-state index in [1.165, 1.54) is 16.2 Å². The van der Waals surface area contributed by atoms with Crippen LogP contribution in [0.4, 0.5) is 5.13 Å². The fourth-order valence-corrected chi connectivity index (χ4v) is 4.69. The number of thiazole rings is 2. The molecule has 2 aromatic heterocycles. The van der Waals surface area contributed by atoms with Gasteiger partial charge in [0.2, 0.25) is 0 Å². The van der Waals surface area contributed by atoms with Crippen LogP contribution in [-0.2, 0) is 0 Å². The molecule has 1 amide bonds. The van der Waals surface area contributed by atoms with E-state index < -0.39 is 0 Å². The van der Waals surface area contributed by atoms with Crippen molar-refractivity contribution in [2.24, 2.45) is 0 Å². The van der Waals surface area contributed by atoms with Gasteiger partial charge in [0.05, 0.1) is 6.20 Å². The summed E-state index contributed by atoms with van der Waals surface area (Å²) in [7, 11) is 0. The number of nitrogens with zero attached hydrogens (tertiary/aromatic N) is 2. The number of piperidine rings is 1. The fourth-order valence-electron chi connectivity index (χ4n) is 2.89. The summed E-state index contributed by atoms with van der Waals surface area (Å²) < 4.78 is 0. The minimum absolute atomic E-state index is 0.147. The minimum Gasteiger partial charge on any atom is -0.317 e. The highest BCUT2D eigenvalue weighted by molar-refractivity contribution is 7.17. The monoisotopic (exact) mass is 370 g/mol. The molecule has 4 rings (SSSR count). The number of rotatable bonds is 4. The summed E-state index contributed by atoms with van der Waals surface area (Å²) in [5, 5.41) is 7.78. The second-order valence-corrected chi connectivity index (χ2v) is 8.03. The number of carbonyl (C=O) groups excluding carboxylic acids is 1. The van der Waals surface area contributed by atoms with Crippen LogP contribution in [0, 0.1) is 0 Å². The zero-order chi connectivity index (χ0) is 17.1. The van der Waals surface area contributed by atoms with Crippen LogP contribution in [0.15, 0.2) is 42.7 Å². The Kier molecular flexibility index (Phi) is 4.87. The van der Waals surface area contributed by atoms with Crippen LogP contribution < -0.4 is 10.6 Å². The van der Waals surface area contributed by atoms with Gasteiger partial charge in [-0.3, -0.25) is 10.1 Å². The highest BCUT2D eigenvalue weighted by Gasteiger charge is 2.19. The lowest BCUT2D eigenvalue weighted by molar-refractivity contribution is 0.103. The van der Waals surface area contributed by atoms with Gasteiger partial charge in [0.15, 0.2) is 5.13 Å². The van der Waals surface area contributed by atoms with Crippen LogP contribution in [0.3, 0.4) is 0 Å². The molecule has 0 bridgehead atoms. The van der Waals surface area contributed by atoms with Crippen LogP contribution >= 0.6 is 22.7 Å². The Labute approximate surface area is 154 Å². The molecule has 0 radical (unpaired) electrons. The van der Waals surface area contributed by atoms with E-state index in [1.807, 2.05) is 36.5 Å². The summed E-state index contributed by atoms with van der Waals surface area (Å²) >= 11 is 2.97. The van der Waals surface area contributed by atoms with Gasteiger partial charge < -0.3 is 5.32 Å². The SMILES string of the molecule is O=C(Nc1ncc(C2CCNCC2)s1)c1cnc(-c2ccccc2)s1. The molecule has 3 heterocycles. The van der Waals surface area contributed by atoms with E-state index in [-0.39, 0.29) is 5.91 Å². The molecule has 5 nitrogen and oxygen atoms in total. The van der Waals surface area contributed by atoms with Crippen molar-refractivity contribution in [3.05, 3.63) is 52.5 Å². The van der Waals surface area contributed by atoms with E-state index in [0.29, 0.717) is 15.9 Å². The van der Waals surface area contributed by atoms with E-state index in [2.05, 4.69) is 20.6 Å². The topological polar surface area (TPSA) is 66.9 Å². The molecule has 0 atom stereocenters. The summed E-state index contributed by atoms with van der Waals surface area (Å²) in [4.78, 5) is 23.0. The maximum Gasteiger partial charge on any atom is 0.269 e. The Bertz CT molecular complexity index is 853. The van der Waals surface area contributed by atoms with Crippen LogP contribution in [-0.4, -0.2) is 29.0 Å². The fraction of sp³-hybridized carbons (Fsp3) is 0.278. The summed E-state index contributed by atoms with van der Waals surface area (Å²) in [5.74, 6) is 0.406. The Morgan fingerprint density at radius 3 is 2.68 bits per heavy atom. The number of nitrogens with one attached hydrogen (secondary N) is 2. The predicted octanol–water partition coefficient (Wildman–Crippen LogP) is 3.99. The highest BCUT2D eigenvalue weighted by Crippen LogP contribution is 2.32. The number of carbonyl (C=O) groups is 1. The Hall–Kier alpha value is -2.09. The maximum atomic E-state index is 12.5. The van der Waals surface area contributed by atoms with Gasteiger partial charge in [0, 0.05) is 16.6 Å². The van der Waals surface area contributed by atoms with Gasteiger partial charge in [-0.1, -0.05) is 30.3 Å². The molecule has 0 spiro atoms. The number of anilines is 1. The maximum absolute atomic E-state index is 12.5. The standard InChI is InChI=1S/C18H18N4OS2/c23-16(15-11-20-17(24-15)13-4-2-1-3-5-13)22-18-21-10-14(25-18)12-6-8-19-9-7-12/h1-5,10-12,19H,6-9H2,(H,21,22,23). The smallest absolute Gasteiger partial charge is 0.269 e. The number of amides is 1. The molecule has 1 aliphatic rings. The van der Waals surface area contributed by atoms with E-state index >= 15 is 0 Å². The van der Waals surface area contributed by atoms with Crippen molar-refractivity contribution >= 4 is 33.7 Å². The number of hydrogen-bond donors (Lipinski definition) is 2. The lowest BCUT2D eigenvalue weighted by Gasteiger charge is -2.20. The summed E-state index contributed by atoms with van der Waals surface area (Å²) in [6.45, 7) is 2.10. The largest absolute Gasteiger partial charge is 0.317 e. The number of hydrogen-bond acceptors (Lipinski definition) is 6. The summed E-state index contributed by atoms with van der Waals surface area (Å²) in [6, 6.07) is 9.88. The summed E-state index contributed by atoms with van der Waals surface area (Å²) in [5.41, 5.74) is 1.02.